The van der Waals surface area contributed by atoms with Gasteiger partial charge in [0.05, 0.1) is 0 Å². The maximum atomic E-state index is 5.12. The van der Waals surface area contributed by atoms with Crippen molar-refractivity contribution in [2.45, 2.75) is 9.88 Å². The minimum atomic E-state index is 0.230. The predicted octanol–water partition coefficient (Wildman–Crippen LogP) is 0.0782. The molecule has 0 saturated heterocycles. The van der Waals surface area contributed by atoms with E-state index in [1.54, 1.807) is 14.2 Å². The molecule has 1 aromatic rings. The van der Waals surface area contributed by atoms with Gasteiger partial charge >= 0.3 is 119 Å². The van der Waals surface area contributed by atoms with Crippen molar-refractivity contribution in [3.8, 4) is 11.5 Å². The summed E-state index contributed by atoms with van der Waals surface area (Å²) in [5.74, 6) is 1.65. The van der Waals surface area contributed by atoms with Gasteiger partial charge in [0.15, 0.2) is 0 Å². The molecular formula is C10H14O2Se2Sn. The normalized spacial score (nSPS) is 8.80. The molecule has 0 spiro atoms. The summed E-state index contributed by atoms with van der Waals surface area (Å²) in [6, 6.07) is 3.73. The van der Waals surface area contributed by atoms with Crippen LogP contribution in [0.3, 0.4) is 0 Å². The van der Waals surface area contributed by atoms with Crippen LogP contribution in [-0.4, -0.2) is 67.4 Å². The predicted molar refractivity (Wildman–Crippen MR) is 67.8 cm³/mol. The Morgan fingerprint density at radius 1 is 0.933 bits per heavy atom. The molecule has 0 amide bonds. The number of hydrogen-bond acceptors (Lipinski definition) is 2. The first-order chi connectivity index (χ1) is 7.12. The minimum absolute atomic E-state index is 0.230. The van der Waals surface area contributed by atoms with E-state index in [1.165, 1.54) is 0 Å². The molecule has 0 atom stereocenters. The van der Waals surface area contributed by atoms with Gasteiger partial charge in [0.25, 0.3) is 0 Å². The molecule has 1 rings (SSSR count). The van der Waals surface area contributed by atoms with Crippen molar-refractivity contribution in [2.24, 2.45) is 0 Å². The average Bonchev–Trinajstić information content (AvgIpc) is 2.23. The Labute approximate surface area is 118 Å². The second kappa shape index (κ2) is 8.77. The Balaban J connectivity index is 0.000000583. The van der Waals surface area contributed by atoms with Crippen LogP contribution in [0.4, 0.5) is 0 Å². The van der Waals surface area contributed by atoms with Crippen LogP contribution in [0.2, 0.25) is 9.88 Å². The third-order valence-corrected chi connectivity index (χ3v) is 3.84. The third kappa shape index (κ3) is 5.01. The summed E-state index contributed by atoms with van der Waals surface area (Å²) >= 11 is 6.09. The first-order valence-corrected chi connectivity index (χ1v) is 11.7. The summed E-state index contributed by atoms with van der Waals surface area (Å²) in [6.07, 6.45) is 0. The molecule has 0 aliphatic carbocycles. The standard InChI is InChI=1S/C8H8O2Se2.2CH3.Sn/c1-9-5-3-4-6(10-2)8(12)7(5)11;;;/h3-4H,1-2H3;2*1H3;. The zero-order chi connectivity index (χ0) is 11.8. The van der Waals surface area contributed by atoms with Gasteiger partial charge in [0.2, 0.25) is 0 Å². The second-order valence-electron chi connectivity index (χ2n) is 2.63. The molecule has 15 heavy (non-hydrogen) atoms. The molecular weight excluding hydrogens is 429 g/mol. The van der Waals surface area contributed by atoms with Crippen molar-refractivity contribution in [2.75, 3.05) is 14.2 Å². The summed E-state index contributed by atoms with van der Waals surface area (Å²) in [4.78, 5) is 4.59. The summed E-state index contributed by atoms with van der Waals surface area (Å²) in [7, 11) is 3.28. The molecule has 0 N–H and O–H groups in total. The molecule has 0 saturated carbocycles. The quantitative estimate of drug-likeness (QED) is 0.604. The number of rotatable bonds is 2. The zero-order valence-electron chi connectivity index (χ0n) is 9.29. The molecule has 2 nitrogen and oxygen atoms in total. The number of methoxy groups -OCH3 is 2. The molecule has 0 aliphatic rings. The summed E-state index contributed by atoms with van der Waals surface area (Å²) in [5, 5.41) is 0. The SMILES string of the molecule is COc1ccc(OC)c([Se])c1[Se].[CH3][Sn][CH3]. The fourth-order valence-corrected chi connectivity index (χ4v) is 1.91. The van der Waals surface area contributed by atoms with Crippen LogP contribution in [0.25, 0.3) is 0 Å². The third-order valence-electron chi connectivity index (χ3n) is 1.48. The molecule has 0 unspecified atom stereocenters. The Hall–Kier alpha value is 0.658. The number of hydrogen-bond donors (Lipinski definition) is 0. The first kappa shape index (κ1) is 15.7. The first-order valence-electron chi connectivity index (χ1n) is 4.29. The van der Waals surface area contributed by atoms with Crippen molar-refractivity contribution < 1.29 is 9.47 Å². The van der Waals surface area contributed by atoms with E-state index in [2.05, 4.69) is 41.9 Å². The fourth-order valence-electron chi connectivity index (χ4n) is 0.848. The van der Waals surface area contributed by atoms with Gasteiger partial charge in [-0.3, -0.25) is 0 Å². The fraction of sp³-hybridized carbons (Fsp3) is 0.400. The molecule has 0 heterocycles. The van der Waals surface area contributed by atoms with Gasteiger partial charge in [-0.15, -0.1) is 0 Å². The molecule has 0 bridgehead atoms. The number of ether oxygens (including phenoxy) is 2. The van der Waals surface area contributed by atoms with E-state index < -0.39 is 0 Å². The number of benzene rings is 1. The van der Waals surface area contributed by atoms with E-state index in [0.717, 1.165) is 20.4 Å². The maximum absolute atomic E-state index is 5.12. The molecule has 5 heteroatoms. The molecule has 1 aromatic carbocycles. The summed E-state index contributed by atoms with van der Waals surface area (Å²) in [6.45, 7) is 0. The van der Waals surface area contributed by atoms with Crippen LogP contribution in [0.1, 0.15) is 0 Å². The van der Waals surface area contributed by atoms with E-state index in [1.807, 2.05) is 12.1 Å². The van der Waals surface area contributed by atoms with Crippen LogP contribution >= 0.6 is 0 Å². The van der Waals surface area contributed by atoms with E-state index >= 15 is 0 Å². The van der Waals surface area contributed by atoms with E-state index in [4.69, 9.17) is 9.47 Å². The topological polar surface area (TPSA) is 18.5 Å². The van der Waals surface area contributed by atoms with Gasteiger partial charge in [-0.2, -0.15) is 0 Å². The Bertz CT molecular complexity index is 277. The monoisotopic (exact) mass is 446 g/mol. The van der Waals surface area contributed by atoms with Crippen LogP contribution in [0.5, 0.6) is 11.5 Å². The van der Waals surface area contributed by atoms with Crippen LogP contribution < -0.4 is 18.4 Å². The van der Waals surface area contributed by atoms with Crippen LogP contribution in [0, 0.1) is 0 Å². The van der Waals surface area contributed by atoms with E-state index in [-0.39, 0.29) is 21.1 Å². The summed E-state index contributed by atoms with van der Waals surface area (Å²) in [5.41, 5.74) is 0. The van der Waals surface area contributed by atoms with E-state index in [0.29, 0.717) is 0 Å². The summed E-state index contributed by atoms with van der Waals surface area (Å²) < 4.78 is 12.1. The van der Waals surface area contributed by atoms with E-state index in [9.17, 15) is 0 Å². The Morgan fingerprint density at radius 2 is 1.20 bits per heavy atom. The van der Waals surface area contributed by atoms with Crippen molar-refractivity contribution in [3.05, 3.63) is 12.1 Å². The van der Waals surface area contributed by atoms with Crippen LogP contribution in [0.15, 0.2) is 12.1 Å². The van der Waals surface area contributed by atoms with Crippen molar-refractivity contribution in [1.29, 1.82) is 0 Å². The Morgan fingerprint density at radius 3 is 1.40 bits per heavy atom. The van der Waals surface area contributed by atoms with Gasteiger partial charge in [0, 0.05) is 0 Å². The molecule has 82 valence electrons. The average molecular weight is 443 g/mol. The molecule has 0 aliphatic heterocycles. The molecule has 4 radical (unpaired) electrons. The zero-order valence-corrected chi connectivity index (χ0v) is 15.6. The van der Waals surface area contributed by atoms with Gasteiger partial charge in [-0.05, 0) is 0 Å². The second-order valence-corrected chi connectivity index (χ2v) is 7.20. The molecule has 0 aromatic heterocycles. The van der Waals surface area contributed by atoms with Crippen molar-refractivity contribution in [1.82, 2.24) is 0 Å². The van der Waals surface area contributed by atoms with Crippen molar-refractivity contribution >= 4 is 62.1 Å². The Kier molecular flexibility index (Phi) is 9.15. The van der Waals surface area contributed by atoms with Gasteiger partial charge in [-0.25, -0.2) is 0 Å². The van der Waals surface area contributed by atoms with Crippen LogP contribution in [-0.2, 0) is 0 Å². The van der Waals surface area contributed by atoms with Crippen molar-refractivity contribution in [3.63, 3.8) is 0 Å². The molecule has 0 fully saturated rings. The van der Waals surface area contributed by atoms with Gasteiger partial charge in [0.1, 0.15) is 0 Å². The van der Waals surface area contributed by atoms with Gasteiger partial charge in [-0.1, -0.05) is 0 Å². The van der Waals surface area contributed by atoms with Gasteiger partial charge < -0.3 is 0 Å².